The van der Waals surface area contributed by atoms with E-state index in [1.165, 1.54) is 6.92 Å². The Kier molecular flexibility index (Phi) is 4.91. The summed E-state index contributed by atoms with van der Waals surface area (Å²) >= 11 is 0. The molecule has 0 unspecified atom stereocenters. The summed E-state index contributed by atoms with van der Waals surface area (Å²) in [5.74, 6) is 1.24. The molecular formula is C25H34O4. The van der Waals surface area contributed by atoms with Crippen molar-refractivity contribution in [3.05, 3.63) is 23.3 Å². The van der Waals surface area contributed by atoms with E-state index >= 15 is 0 Å². The quantitative estimate of drug-likeness (QED) is 0.640. The number of carbonyl (C=O) groups excluding carboxylic acids is 3. The summed E-state index contributed by atoms with van der Waals surface area (Å²) in [6, 6.07) is 0. The maximum Gasteiger partial charge on any atom is 0.302 e. The van der Waals surface area contributed by atoms with Gasteiger partial charge < -0.3 is 4.74 Å². The van der Waals surface area contributed by atoms with Crippen molar-refractivity contribution in [2.75, 3.05) is 0 Å². The van der Waals surface area contributed by atoms with Gasteiger partial charge in [-0.2, -0.15) is 0 Å². The molecule has 0 aromatic heterocycles. The van der Waals surface area contributed by atoms with Crippen LogP contribution in [-0.2, 0) is 19.1 Å². The largest absolute Gasteiger partial charge is 0.462 e. The molecule has 0 N–H and O–H groups in total. The standard InChI is InChI=1S/C25H34O4/c1-6-22(29-15(3)26)17-7-9-24(4)10-8-19-18(23(17)24)13-21(28)20-12-16(27)11-14(2)25(19,20)5/h11-12,17-19,22-23H,6-10,13H2,1-5H3/t17-,18+,19-,22-,23-,24-,25+/m0/s1. The normalized spacial score (nSPS) is 42.2. The van der Waals surface area contributed by atoms with E-state index in [2.05, 4.69) is 20.8 Å². The average molecular weight is 399 g/mol. The predicted molar refractivity (Wildman–Crippen MR) is 111 cm³/mol. The second kappa shape index (κ2) is 6.92. The number of fused-ring (bicyclic) bond motifs is 5. The van der Waals surface area contributed by atoms with Crippen LogP contribution in [0.15, 0.2) is 23.3 Å². The van der Waals surface area contributed by atoms with Gasteiger partial charge in [0.2, 0.25) is 0 Å². The fourth-order valence-corrected chi connectivity index (χ4v) is 7.62. The highest BCUT2D eigenvalue weighted by atomic mass is 16.5. The number of esters is 1. The highest BCUT2D eigenvalue weighted by Crippen LogP contribution is 2.67. The minimum Gasteiger partial charge on any atom is -0.462 e. The number of allylic oxidation sites excluding steroid dienone is 4. The molecule has 0 aromatic rings. The molecular weight excluding hydrogens is 364 g/mol. The molecule has 0 aliphatic heterocycles. The van der Waals surface area contributed by atoms with Gasteiger partial charge in [0.1, 0.15) is 6.10 Å². The lowest BCUT2D eigenvalue weighted by atomic mass is 9.46. The third-order valence-electron chi connectivity index (χ3n) is 9.00. The molecule has 4 aliphatic carbocycles. The smallest absolute Gasteiger partial charge is 0.302 e. The van der Waals surface area contributed by atoms with Gasteiger partial charge in [0.05, 0.1) is 0 Å². The second-order valence-electron chi connectivity index (χ2n) is 10.4. The van der Waals surface area contributed by atoms with Crippen molar-refractivity contribution in [2.24, 2.45) is 34.5 Å². The molecule has 0 heterocycles. The molecule has 4 nitrogen and oxygen atoms in total. The summed E-state index contributed by atoms with van der Waals surface area (Å²) in [4.78, 5) is 37.1. The van der Waals surface area contributed by atoms with Crippen molar-refractivity contribution in [3.63, 3.8) is 0 Å². The van der Waals surface area contributed by atoms with Gasteiger partial charge in [0, 0.05) is 24.3 Å². The predicted octanol–water partition coefficient (Wildman–Crippen LogP) is 4.82. The summed E-state index contributed by atoms with van der Waals surface area (Å²) < 4.78 is 5.76. The summed E-state index contributed by atoms with van der Waals surface area (Å²) in [7, 11) is 0. The molecule has 3 saturated carbocycles. The lowest BCUT2D eigenvalue weighted by molar-refractivity contribution is -0.154. The zero-order valence-corrected chi connectivity index (χ0v) is 18.4. The Morgan fingerprint density at radius 3 is 2.55 bits per heavy atom. The lowest BCUT2D eigenvalue weighted by Gasteiger charge is -2.58. The first-order chi connectivity index (χ1) is 13.6. The molecule has 0 spiro atoms. The molecule has 7 atom stereocenters. The van der Waals surface area contributed by atoms with E-state index in [1.807, 2.05) is 6.92 Å². The number of Topliss-reactive ketones (excluding diaryl/α,β-unsaturated/α-hetero) is 1. The average Bonchev–Trinajstić information content (AvgIpc) is 2.99. The summed E-state index contributed by atoms with van der Waals surface area (Å²) in [5.41, 5.74) is 1.63. The number of ether oxygens (including phenoxy) is 1. The topological polar surface area (TPSA) is 60.4 Å². The van der Waals surface area contributed by atoms with Crippen LogP contribution in [-0.4, -0.2) is 23.6 Å². The van der Waals surface area contributed by atoms with Crippen LogP contribution in [0.25, 0.3) is 0 Å². The first-order valence-corrected chi connectivity index (χ1v) is 11.3. The number of ketones is 2. The Balaban J connectivity index is 1.75. The van der Waals surface area contributed by atoms with Crippen LogP contribution >= 0.6 is 0 Å². The third-order valence-corrected chi connectivity index (χ3v) is 9.00. The summed E-state index contributed by atoms with van der Waals surface area (Å²) in [6.45, 7) is 10.2. The van der Waals surface area contributed by atoms with Gasteiger partial charge in [0.15, 0.2) is 11.6 Å². The Labute approximate surface area is 174 Å². The van der Waals surface area contributed by atoms with Gasteiger partial charge in [-0.15, -0.1) is 0 Å². The van der Waals surface area contributed by atoms with E-state index in [-0.39, 0.29) is 40.4 Å². The zero-order valence-electron chi connectivity index (χ0n) is 18.4. The van der Waals surface area contributed by atoms with E-state index in [9.17, 15) is 14.4 Å². The van der Waals surface area contributed by atoms with Crippen molar-refractivity contribution in [2.45, 2.75) is 79.2 Å². The molecule has 4 aliphatic rings. The Morgan fingerprint density at radius 1 is 1.21 bits per heavy atom. The molecule has 3 fully saturated rings. The van der Waals surface area contributed by atoms with E-state index < -0.39 is 0 Å². The Bertz CT molecular complexity index is 821. The van der Waals surface area contributed by atoms with Crippen LogP contribution in [0.2, 0.25) is 0 Å². The van der Waals surface area contributed by atoms with E-state index in [1.54, 1.807) is 12.2 Å². The van der Waals surface area contributed by atoms with Gasteiger partial charge in [-0.05, 0) is 80.3 Å². The van der Waals surface area contributed by atoms with Crippen molar-refractivity contribution in [1.29, 1.82) is 0 Å². The summed E-state index contributed by atoms with van der Waals surface area (Å²) in [5, 5.41) is 0. The minimum atomic E-state index is -0.342. The van der Waals surface area contributed by atoms with Crippen LogP contribution in [0.4, 0.5) is 0 Å². The van der Waals surface area contributed by atoms with Gasteiger partial charge in [-0.1, -0.05) is 26.3 Å². The summed E-state index contributed by atoms with van der Waals surface area (Å²) in [6.07, 6.45) is 9.05. The fraction of sp³-hybridized carbons (Fsp3) is 0.720. The fourth-order valence-electron chi connectivity index (χ4n) is 7.62. The highest BCUT2D eigenvalue weighted by Gasteiger charge is 2.62. The second-order valence-corrected chi connectivity index (χ2v) is 10.4. The third kappa shape index (κ3) is 2.97. The van der Waals surface area contributed by atoms with Crippen molar-refractivity contribution in [1.82, 2.24) is 0 Å². The highest BCUT2D eigenvalue weighted by molar-refractivity contribution is 6.10. The molecule has 29 heavy (non-hydrogen) atoms. The van der Waals surface area contributed by atoms with Crippen molar-refractivity contribution in [3.8, 4) is 0 Å². The molecule has 0 radical (unpaired) electrons. The van der Waals surface area contributed by atoms with Gasteiger partial charge in [-0.25, -0.2) is 0 Å². The number of hydrogen-bond acceptors (Lipinski definition) is 4. The van der Waals surface area contributed by atoms with E-state index in [0.29, 0.717) is 24.2 Å². The minimum absolute atomic E-state index is 0.0536. The molecule has 0 saturated heterocycles. The molecule has 4 heteroatoms. The first kappa shape index (κ1) is 20.6. The van der Waals surface area contributed by atoms with Crippen LogP contribution in [0.1, 0.15) is 73.1 Å². The van der Waals surface area contributed by atoms with Crippen LogP contribution in [0.3, 0.4) is 0 Å². The van der Waals surface area contributed by atoms with Gasteiger partial charge in [-0.3, -0.25) is 14.4 Å². The monoisotopic (exact) mass is 398 g/mol. The van der Waals surface area contributed by atoms with Gasteiger partial charge >= 0.3 is 5.97 Å². The van der Waals surface area contributed by atoms with Crippen LogP contribution in [0, 0.1) is 34.5 Å². The van der Waals surface area contributed by atoms with Crippen LogP contribution in [0.5, 0.6) is 0 Å². The molecule has 4 rings (SSSR count). The Morgan fingerprint density at radius 2 is 1.90 bits per heavy atom. The first-order valence-electron chi connectivity index (χ1n) is 11.3. The SMILES string of the molecule is CC[C@H](OC(C)=O)[C@@H]1CC[C@@]2(C)CC[C@H]3[C@@H](CC(=O)C4=CC(=O)C=C(C)[C@@]43C)[C@H]12. The number of rotatable bonds is 3. The number of hydrogen-bond donors (Lipinski definition) is 0. The molecule has 158 valence electrons. The maximum absolute atomic E-state index is 13.3. The molecule has 0 bridgehead atoms. The molecule has 0 aromatic carbocycles. The zero-order chi connectivity index (χ0) is 21.1. The van der Waals surface area contributed by atoms with Crippen molar-refractivity contribution < 1.29 is 19.1 Å². The Hall–Kier alpha value is -1.71. The van der Waals surface area contributed by atoms with E-state index in [0.717, 1.165) is 43.3 Å². The van der Waals surface area contributed by atoms with Crippen molar-refractivity contribution >= 4 is 17.5 Å². The molecule has 0 amide bonds. The maximum atomic E-state index is 13.3. The number of carbonyl (C=O) groups is 3. The van der Waals surface area contributed by atoms with Crippen LogP contribution < -0.4 is 0 Å². The lowest BCUT2D eigenvalue weighted by Crippen LogP contribution is -2.54. The van der Waals surface area contributed by atoms with E-state index in [4.69, 9.17) is 4.74 Å². The van der Waals surface area contributed by atoms with Gasteiger partial charge in [0.25, 0.3) is 0 Å².